The number of rotatable bonds is 12. The van der Waals surface area contributed by atoms with Crippen molar-refractivity contribution in [3.63, 3.8) is 0 Å². The SMILES string of the molecule is CC.CC1=CCN(c2ccc(-c3cccc(-c4ccnc(N5CCNCC5)c4)c3O)cc2Cl)C1=O.CN(C)CCN(C=O)c1ccc(-c2cc(F)cc(-c3cnc(C#N)c(N4CCNCC4)c3)c2O)cc1Cl. The Labute approximate surface area is 430 Å². The van der Waals surface area contributed by atoms with E-state index in [0.29, 0.717) is 76.5 Å². The van der Waals surface area contributed by atoms with Crippen molar-refractivity contribution in [3.05, 3.63) is 131 Å². The number of piperazine rings is 2. The molecular weight excluding hydrogens is 955 g/mol. The molecule has 0 aliphatic carbocycles. The summed E-state index contributed by atoms with van der Waals surface area (Å²) in [4.78, 5) is 42.2. The number of hydrogen-bond donors (Lipinski definition) is 4. The highest BCUT2D eigenvalue weighted by atomic mass is 35.5. The molecule has 2 amide bonds. The van der Waals surface area contributed by atoms with Crippen LogP contribution in [0.15, 0.2) is 109 Å². The molecule has 2 saturated heterocycles. The Balaban J connectivity index is 0.000000205. The van der Waals surface area contributed by atoms with Crippen LogP contribution in [-0.4, -0.2) is 123 Å². The van der Waals surface area contributed by atoms with Gasteiger partial charge in [0.1, 0.15) is 29.2 Å². The highest BCUT2D eigenvalue weighted by Crippen LogP contribution is 2.43. The number of amides is 2. The Morgan fingerprint density at radius 3 is 1.94 bits per heavy atom. The first-order valence-electron chi connectivity index (χ1n) is 23.9. The van der Waals surface area contributed by atoms with E-state index in [1.54, 1.807) is 48.4 Å². The number of aromatic nitrogens is 2. The fraction of sp³-hybridized carbons (Fsp3) is 0.291. The fourth-order valence-electron chi connectivity index (χ4n) is 8.69. The second kappa shape index (κ2) is 24.4. The zero-order valence-corrected chi connectivity index (χ0v) is 42.6. The summed E-state index contributed by atoms with van der Waals surface area (Å²) in [5, 5.41) is 39.4. The van der Waals surface area contributed by atoms with E-state index < -0.39 is 5.82 Å². The minimum Gasteiger partial charge on any atom is -0.507 e. The maximum Gasteiger partial charge on any atom is 0.253 e. The number of para-hydroxylation sites is 1. The van der Waals surface area contributed by atoms with Crippen molar-refractivity contribution in [2.45, 2.75) is 20.8 Å². The predicted octanol–water partition coefficient (Wildman–Crippen LogP) is 9.22. The molecule has 72 heavy (non-hydrogen) atoms. The number of hydrogen-bond acceptors (Lipinski definition) is 12. The molecule has 4 aromatic carbocycles. The van der Waals surface area contributed by atoms with Crippen LogP contribution in [0.3, 0.4) is 0 Å². The van der Waals surface area contributed by atoms with Crippen molar-refractivity contribution < 1.29 is 24.2 Å². The minimum atomic E-state index is -0.545. The lowest BCUT2D eigenvalue weighted by Crippen LogP contribution is -2.43. The maximum atomic E-state index is 14.8. The number of nitrogens with one attached hydrogen (secondary N) is 2. The number of likely N-dealkylation sites (N-methyl/N-ethyl adjacent to an activating group) is 1. The maximum absolute atomic E-state index is 14.8. The summed E-state index contributed by atoms with van der Waals surface area (Å²) in [6, 6.07) is 26.5. The molecule has 6 aromatic rings. The zero-order valence-electron chi connectivity index (χ0n) is 41.1. The van der Waals surface area contributed by atoms with Gasteiger partial charge in [-0.1, -0.05) is 73.5 Å². The zero-order chi connectivity index (χ0) is 51.5. The number of carbonyl (C=O) groups excluding carboxylic acids is 2. The van der Waals surface area contributed by atoms with Crippen molar-refractivity contribution in [2.24, 2.45) is 0 Å². The van der Waals surface area contributed by atoms with E-state index in [9.17, 15) is 29.5 Å². The Kier molecular flexibility index (Phi) is 17.9. The Bertz CT molecular complexity index is 2990. The average Bonchev–Trinajstić information content (AvgIpc) is 3.74. The molecule has 9 rings (SSSR count). The summed E-state index contributed by atoms with van der Waals surface area (Å²) in [5.41, 5.74) is 7.44. The van der Waals surface area contributed by atoms with Crippen LogP contribution in [0.4, 0.5) is 27.3 Å². The highest BCUT2D eigenvalue weighted by Gasteiger charge is 2.25. The number of pyridine rings is 2. The number of anilines is 4. The number of phenolic OH excluding ortho intramolecular Hbond substituents is 2. The molecule has 0 atom stereocenters. The van der Waals surface area contributed by atoms with E-state index in [0.717, 1.165) is 73.8 Å². The van der Waals surface area contributed by atoms with Gasteiger partial charge in [0.05, 0.1) is 27.1 Å². The molecule has 17 heteroatoms. The number of phenols is 2. The van der Waals surface area contributed by atoms with Crippen LogP contribution in [0.1, 0.15) is 26.5 Å². The van der Waals surface area contributed by atoms with Crippen LogP contribution in [-0.2, 0) is 9.59 Å². The van der Waals surface area contributed by atoms with Gasteiger partial charge in [-0.25, -0.2) is 14.4 Å². The number of nitrogens with zero attached hydrogens (tertiary/aromatic N) is 8. The molecule has 14 nitrogen and oxygen atoms in total. The predicted molar refractivity (Wildman–Crippen MR) is 288 cm³/mol. The molecule has 0 spiro atoms. The molecular formula is C55H59Cl2FN10O4. The van der Waals surface area contributed by atoms with Crippen LogP contribution in [0.25, 0.3) is 44.5 Å². The smallest absolute Gasteiger partial charge is 0.253 e. The number of carbonyl (C=O) groups is 2. The topological polar surface area (TPSA) is 164 Å². The van der Waals surface area contributed by atoms with Crippen molar-refractivity contribution >= 4 is 58.4 Å². The van der Waals surface area contributed by atoms with Crippen molar-refractivity contribution in [1.82, 2.24) is 25.5 Å². The van der Waals surface area contributed by atoms with E-state index in [4.69, 9.17) is 23.2 Å². The number of benzene rings is 4. The standard InChI is InChI=1S/C27H28ClFN6O2.C26H25ClN4O2.C2H6/c1-33(2)9-10-35(17-36)25-4-3-18(11-23(25)28)21-13-20(29)14-22(27(21)37)19-12-26(24(15-30)32-16-19)34-7-5-31-6-8-34;1-17-8-12-31(26(17)33)23-6-5-18(15-22(23)27)20-3-2-4-21(25(20)32)19-7-9-29-24(16-19)30-13-10-28-11-14-30;1-2/h3-4,11-14,16-17,31,37H,5-10H2,1-2H3;2-9,15-16,28,32H,10-14H2,1H3;1-2H3. The Hall–Kier alpha value is -7.06. The summed E-state index contributed by atoms with van der Waals surface area (Å²) in [7, 11) is 3.82. The van der Waals surface area contributed by atoms with E-state index in [2.05, 4.69) is 36.5 Å². The van der Waals surface area contributed by atoms with Crippen LogP contribution in [0.5, 0.6) is 11.5 Å². The van der Waals surface area contributed by atoms with Gasteiger partial charge in [0.2, 0.25) is 6.41 Å². The van der Waals surface area contributed by atoms with Gasteiger partial charge in [-0.15, -0.1) is 0 Å². The summed E-state index contributed by atoms with van der Waals surface area (Å²) >= 11 is 13.1. The molecule has 0 bridgehead atoms. The van der Waals surface area contributed by atoms with Gasteiger partial charge in [-0.2, -0.15) is 5.26 Å². The molecule has 3 aliphatic rings. The highest BCUT2D eigenvalue weighted by molar-refractivity contribution is 6.34. The summed E-state index contributed by atoms with van der Waals surface area (Å²) in [5.74, 6) is 0.380. The van der Waals surface area contributed by atoms with E-state index in [1.807, 2.05) is 81.4 Å². The lowest BCUT2D eigenvalue weighted by atomic mass is 9.97. The molecule has 5 heterocycles. The summed E-state index contributed by atoms with van der Waals surface area (Å²) in [6.45, 7) is 14.1. The summed E-state index contributed by atoms with van der Waals surface area (Å²) < 4.78 is 14.8. The van der Waals surface area contributed by atoms with Gasteiger partial charge < -0.3 is 45.3 Å². The van der Waals surface area contributed by atoms with E-state index in [-0.39, 0.29) is 34.2 Å². The Morgan fingerprint density at radius 1 is 0.750 bits per heavy atom. The Morgan fingerprint density at radius 2 is 1.35 bits per heavy atom. The molecule has 4 N–H and O–H groups in total. The minimum absolute atomic E-state index is 0.0347. The number of aromatic hydroxyl groups is 2. The van der Waals surface area contributed by atoms with Crippen LogP contribution >= 0.6 is 23.2 Å². The largest absolute Gasteiger partial charge is 0.507 e. The van der Waals surface area contributed by atoms with Gasteiger partial charge in [0.15, 0.2) is 5.69 Å². The molecule has 2 aromatic heterocycles. The lowest BCUT2D eigenvalue weighted by molar-refractivity contribution is -0.114. The van der Waals surface area contributed by atoms with Gasteiger partial charge >= 0.3 is 0 Å². The molecule has 374 valence electrons. The normalized spacial score (nSPS) is 14.5. The third kappa shape index (κ3) is 12.0. The van der Waals surface area contributed by atoms with Crippen molar-refractivity contribution in [3.8, 4) is 62.1 Å². The second-order valence-electron chi connectivity index (χ2n) is 17.4. The quantitative estimate of drug-likeness (QED) is 0.0861. The summed E-state index contributed by atoms with van der Waals surface area (Å²) in [6.07, 6.45) is 5.86. The first-order chi connectivity index (χ1) is 34.8. The van der Waals surface area contributed by atoms with Crippen LogP contribution < -0.4 is 30.2 Å². The molecule has 3 aliphatic heterocycles. The molecule has 0 radical (unpaired) electrons. The third-order valence-electron chi connectivity index (χ3n) is 12.5. The first kappa shape index (κ1) is 52.8. The van der Waals surface area contributed by atoms with Crippen LogP contribution in [0.2, 0.25) is 10.0 Å². The van der Waals surface area contributed by atoms with Gasteiger partial charge in [0.25, 0.3) is 5.91 Å². The van der Waals surface area contributed by atoms with Crippen molar-refractivity contribution in [2.75, 3.05) is 106 Å². The molecule has 2 fully saturated rings. The van der Waals surface area contributed by atoms with E-state index in [1.165, 1.54) is 23.2 Å². The van der Waals surface area contributed by atoms with Crippen LogP contribution in [0, 0.1) is 17.1 Å². The van der Waals surface area contributed by atoms with Crippen molar-refractivity contribution in [1.29, 1.82) is 5.26 Å². The second-order valence-corrected chi connectivity index (χ2v) is 18.2. The van der Waals surface area contributed by atoms with Gasteiger partial charge in [-0.05, 0) is 92.3 Å². The lowest BCUT2D eigenvalue weighted by Gasteiger charge is -2.30. The fourth-order valence-corrected chi connectivity index (χ4v) is 9.26. The monoisotopic (exact) mass is 1010 g/mol. The third-order valence-corrected chi connectivity index (χ3v) is 13.2. The first-order valence-corrected chi connectivity index (χ1v) is 24.7. The molecule has 0 unspecified atom stereocenters. The molecule has 0 saturated carbocycles. The average molecular weight is 1010 g/mol. The number of nitriles is 1. The van der Waals surface area contributed by atoms with Gasteiger partial charge in [-0.3, -0.25) is 9.59 Å². The van der Waals surface area contributed by atoms with Gasteiger partial charge in [0, 0.05) is 118 Å². The number of halogens is 3. The van der Waals surface area contributed by atoms with E-state index >= 15 is 0 Å².